The third kappa shape index (κ3) is 4.64. The van der Waals surface area contributed by atoms with Crippen LogP contribution in [0.15, 0.2) is 42.6 Å². The number of nitrogens with zero attached hydrogens (tertiary/aromatic N) is 5. The maximum Gasteiger partial charge on any atom is 0.225 e. The van der Waals surface area contributed by atoms with Gasteiger partial charge in [0.2, 0.25) is 5.95 Å². The molecule has 214 valence electrons. The molecule has 2 aromatic heterocycles. The predicted molar refractivity (Wildman–Crippen MR) is 173 cm³/mol. The molecule has 0 unspecified atom stereocenters. The fourth-order valence-corrected chi connectivity index (χ4v) is 8.13. The number of rotatable bonds is 8. The van der Waals surface area contributed by atoms with Gasteiger partial charge in [-0.25, -0.2) is 9.37 Å². The van der Waals surface area contributed by atoms with Crippen LogP contribution < -0.4 is 10.6 Å². The molecule has 9 heteroatoms. The SMILES string of the molecule is CN(C)C1(CNc2nc(NCC34CCCN3CCC4)nc3c(F)c(-c4cccc5cccc(I)c45)ncc23)CCC1. The maximum atomic E-state index is 16.6. The topological polar surface area (TPSA) is 69.2 Å². The van der Waals surface area contributed by atoms with Crippen molar-refractivity contribution in [2.75, 3.05) is 50.9 Å². The molecule has 4 heterocycles. The number of halogens is 2. The van der Waals surface area contributed by atoms with Crippen LogP contribution in [0.25, 0.3) is 32.9 Å². The Morgan fingerprint density at radius 2 is 1.71 bits per heavy atom. The first-order valence-corrected chi connectivity index (χ1v) is 15.9. The van der Waals surface area contributed by atoms with Crippen molar-refractivity contribution in [2.45, 2.75) is 56.0 Å². The molecule has 3 fully saturated rings. The largest absolute Gasteiger partial charge is 0.367 e. The van der Waals surface area contributed by atoms with Crippen LogP contribution in [0.2, 0.25) is 0 Å². The van der Waals surface area contributed by atoms with Crippen molar-refractivity contribution in [1.82, 2.24) is 24.8 Å². The van der Waals surface area contributed by atoms with Gasteiger partial charge in [0.25, 0.3) is 0 Å². The molecule has 0 bridgehead atoms. The van der Waals surface area contributed by atoms with Crippen LogP contribution in [0.1, 0.15) is 44.9 Å². The number of hydrogen-bond acceptors (Lipinski definition) is 7. The Morgan fingerprint density at radius 1 is 0.951 bits per heavy atom. The highest BCUT2D eigenvalue weighted by Crippen LogP contribution is 2.40. The van der Waals surface area contributed by atoms with E-state index in [0.717, 1.165) is 58.9 Å². The first-order valence-electron chi connectivity index (χ1n) is 14.8. The fraction of sp³-hybridized carbons (Fsp3) is 0.469. The van der Waals surface area contributed by atoms with Crippen LogP contribution in [-0.4, -0.2) is 76.1 Å². The first-order chi connectivity index (χ1) is 19.9. The number of benzene rings is 2. The Hall–Kier alpha value is -2.63. The van der Waals surface area contributed by atoms with Crippen molar-refractivity contribution in [3.05, 3.63) is 52.0 Å². The van der Waals surface area contributed by atoms with Crippen molar-refractivity contribution in [3.8, 4) is 11.3 Å². The van der Waals surface area contributed by atoms with Crippen LogP contribution in [0.5, 0.6) is 0 Å². The number of anilines is 2. The average Bonchev–Trinajstić information content (AvgIpc) is 3.52. The summed E-state index contributed by atoms with van der Waals surface area (Å²) in [7, 11) is 4.28. The summed E-state index contributed by atoms with van der Waals surface area (Å²) >= 11 is 2.32. The molecule has 2 aromatic carbocycles. The highest BCUT2D eigenvalue weighted by Gasteiger charge is 2.44. The van der Waals surface area contributed by atoms with E-state index in [1.165, 1.54) is 32.1 Å². The zero-order chi connectivity index (χ0) is 28.2. The molecule has 7 rings (SSSR count). The zero-order valence-electron chi connectivity index (χ0n) is 23.8. The lowest BCUT2D eigenvalue weighted by molar-refractivity contribution is 0.0738. The third-order valence-electron chi connectivity index (χ3n) is 10.00. The first kappa shape index (κ1) is 27.2. The molecule has 41 heavy (non-hydrogen) atoms. The molecule has 2 aliphatic heterocycles. The lowest BCUT2D eigenvalue weighted by Gasteiger charge is -2.47. The van der Waals surface area contributed by atoms with Crippen molar-refractivity contribution in [3.63, 3.8) is 0 Å². The molecule has 2 saturated heterocycles. The second-order valence-electron chi connectivity index (χ2n) is 12.3. The highest BCUT2D eigenvalue weighted by atomic mass is 127. The third-order valence-corrected chi connectivity index (χ3v) is 10.9. The van der Waals surface area contributed by atoms with Crippen LogP contribution in [-0.2, 0) is 0 Å². The van der Waals surface area contributed by atoms with Crippen molar-refractivity contribution in [1.29, 1.82) is 0 Å². The highest BCUT2D eigenvalue weighted by molar-refractivity contribution is 14.1. The molecule has 1 saturated carbocycles. The van der Waals surface area contributed by atoms with Gasteiger partial charge in [-0.15, -0.1) is 0 Å². The zero-order valence-corrected chi connectivity index (χ0v) is 26.0. The summed E-state index contributed by atoms with van der Waals surface area (Å²) in [5.41, 5.74) is 1.65. The summed E-state index contributed by atoms with van der Waals surface area (Å²) in [5, 5.41) is 9.83. The van der Waals surface area contributed by atoms with Crippen LogP contribution in [0.3, 0.4) is 0 Å². The van der Waals surface area contributed by atoms with Gasteiger partial charge in [-0.3, -0.25) is 9.88 Å². The van der Waals surface area contributed by atoms with E-state index in [-0.39, 0.29) is 11.1 Å². The molecular formula is C32H37FIN7. The van der Waals surface area contributed by atoms with Gasteiger partial charge in [-0.05, 0) is 106 Å². The molecule has 0 spiro atoms. The van der Waals surface area contributed by atoms with E-state index >= 15 is 4.39 Å². The van der Waals surface area contributed by atoms with Crippen LogP contribution >= 0.6 is 22.6 Å². The number of hydrogen-bond donors (Lipinski definition) is 2. The van der Waals surface area contributed by atoms with E-state index in [1.54, 1.807) is 6.20 Å². The van der Waals surface area contributed by atoms with E-state index in [0.29, 0.717) is 28.4 Å². The second kappa shape index (κ2) is 10.6. The van der Waals surface area contributed by atoms with E-state index in [9.17, 15) is 0 Å². The maximum absolute atomic E-state index is 16.6. The molecule has 0 amide bonds. The van der Waals surface area contributed by atoms with E-state index < -0.39 is 5.82 Å². The molecule has 3 aliphatic rings. The quantitative estimate of drug-likeness (QED) is 0.208. The van der Waals surface area contributed by atoms with E-state index in [4.69, 9.17) is 9.97 Å². The normalized spacial score (nSPS) is 19.5. The Bertz CT molecular complexity index is 1600. The number of likely N-dealkylation sites (N-methyl/N-ethyl adjacent to an activating group) is 1. The summed E-state index contributed by atoms with van der Waals surface area (Å²) in [4.78, 5) is 19.3. The van der Waals surface area contributed by atoms with Crippen molar-refractivity contribution >= 4 is 56.0 Å². The minimum atomic E-state index is -0.407. The Balaban J connectivity index is 1.31. The molecule has 2 N–H and O–H groups in total. The number of pyridine rings is 1. The number of aromatic nitrogens is 3. The summed E-state index contributed by atoms with van der Waals surface area (Å²) in [6, 6.07) is 12.1. The summed E-state index contributed by atoms with van der Waals surface area (Å²) in [6.45, 7) is 3.84. The molecule has 0 radical (unpaired) electrons. The van der Waals surface area contributed by atoms with Gasteiger partial charge in [0.15, 0.2) is 5.82 Å². The van der Waals surface area contributed by atoms with Gasteiger partial charge in [-0.1, -0.05) is 30.3 Å². The lowest BCUT2D eigenvalue weighted by atomic mass is 9.75. The molecule has 7 nitrogen and oxygen atoms in total. The molecule has 4 aromatic rings. The Morgan fingerprint density at radius 3 is 2.41 bits per heavy atom. The molecule has 1 aliphatic carbocycles. The second-order valence-corrected chi connectivity index (χ2v) is 13.5. The van der Waals surface area contributed by atoms with Gasteiger partial charge >= 0.3 is 0 Å². The van der Waals surface area contributed by atoms with E-state index in [1.807, 2.05) is 24.3 Å². The number of fused-ring (bicyclic) bond motifs is 3. The lowest BCUT2D eigenvalue weighted by Crippen LogP contribution is -2.54. The Kier molecular flexibility index (Phi) is 7.02. The van der Waals surface area contributed by atoms with Crippen LogP contribution in [0, 0.1) is 9.39 Å². The monoisotopic (exact) mass is 665 g/mol. The van der Waals surface area contributed by atoms with Gasteiger partial charge in [0.05, 0.1) is 5.39 Å². The summed E-state index contributed by atoms with van der Waals surface area (Å²) < 4.78 is 17.6. The smallest absolute Gasteiger partial charge is 0.225 e. The van der Waals surface area contributed by atoms with E-state index in [2.05, 4.69) is 74.2 Å². The predicted octanol–water partition coefficient (Wildman–Crippen LogP) is 6.53. The van der Waals surface area contributed by atoms with Gasteiger partial charge in [-0.2, -0.15) is 4.98 Å². The minimum absolute atomic E-state index is 0.0869. The van der Waals surface area contributed by atoms with Gasteiger partial charge in [0.1, 0.15) is 17.0 Å². The standard InChI is InChI=1S/C32H37FIN7/c1-40(2)31(12-5-13-31)19-36-29-23-18-35-27(22-10-3-8-21-9-4-11-24(34)25(21)22)26(33)28(23)38-30(39-29)37-20-32-14-6-16-41(32)17-7-15-32/h3-4,8-11,18H,5-7,12-17,19-20H2,1-2H3,(H2,36,37,38,39). The van der Waals surface area contributed by atoms with Gasteiger partial charge < -0.3 is 15.5 Å². The molecule has 0 atom stereocenters. The van der Waals surface area contributed by atoms with Crippen molar-refractivity contribution < 1.29 is 4.39 Å². The fourth-order valence-electron chi connectivity index (χ4n) is 7.32. The summed E-state index contributed by atoms with van der Waals surface area (Å²) in [6.07, 6.45) is 10.1. The molecular weight excluding hydrogens is 628 g/mol. The summed E-state index contributed by atoms with van der Waals surface area (Å²) in [5.74, 6) is 0.711. The van der Waals surface area contributed by atoms with Crippen molar-refractivity contribution in [2.24, 2.45) is 0 Å². The minimum Gasteiger partial charge on any atom is -0.367 e. The number of nitrogens with one attached hydrogen (secondary N) is 2. The Labute approximate surface area is 254 Å². The van der Waals surface area contributed by atoms with Crippen LogP contribution in [0.4, 0.5) is 16.2 Å². The average molecular weight is 666 g/mol. The van der Waals surface area contributed by atoms with Gasteiger partial charge in [0, 0.05) is 44.9 Å².